The van der Waals surface area contributed by atoms with Gasteiger partial charge in [-0.05, 0) is 43.5 Å². The molecule has 0 spiro atoms. The number of hydrogen-bond donors (Lipinski definition) is 1. The quantitative estimate of drug-likeness (QED) is 0.816. The van der Waals surface area contributed by atoms with Crippen LogP contribution < -0.4 is 10.1 Å². The Labute approximate surface area is 111 Å². The van der Waals surface area contributed by atoms with Crippen LogP contribution in [0.1, 0.15) is 56.8 Å². The van der Waals surface area contributed by atoms with Crippen LogP contribution in [0.25, 0.3) is 0 Å². The molecule has 1 N–H and O–H groups in total. The third kappa shape index (κ3) is 2.39. The molecule has 1 aromatic carbocycles. The van der Waals surface area contributed by atoms with Crippen LogP contribution in [0.15, 0.2) is 12.1 Å². The largest absolute Gasteiger partial charge is 0.490 e. The van der Waals surface area contributed by atoms with Gasteiger partial charge in [0.2, 0.25) is 0 Å². The van der Waals surface area contributed by atoms with E-state index in [1.807, 2.05) is 7.05 Å². The molecule has 0 saturated heterocycles. The summed E-state index contributed by atoms with van der Waals surface area (Å²) in [6.45, 7) is 11.1. The molecule has 2 nitrogen and oxygen atoms in total. The highest BCUT2D eigenvalue weighted by molar-refractivity contribution is 5.48. The molecule has 0 amide bonds. The summed E-state index contributed by atoms with van der Waals surface area (Å²) < 4.78 is 6.02. The Morgan fingerprint density at radius 3 is 2.50 bits per heavy atom. The molecular formula is C16H25NO. The fourth-order valence-corrected chi connectivity index (χ4v) is 2.64. The molecule has 0 bridgehead atoms. The molecule has 2 unspecified atom stereocenters. The molecule has 1 heterocycles. The smallest absolute Gasteiger partial charge is 0.127 e. The molecule has 100 valence electrons. The van der Waals surface area contributed by atoms with E-state index in [-0.39, 0.29) is 11.5 Å². The topological polar surface area (TPSA) is 21.3 Å². The van der Waals surface area contributed by atoms with Crippen molar-refractivity contribution < 1.29 is 4.74 Å². The van der Waals surface area contributed by atoms with Crippen molar-refractivity contribution in [2.24, 2.45) is 0 Å². The molecule has 1 aliphatic rings. The maximum absolute atomic E-state index is 6.02. The summed E-state index contributed by atoms with van der Waals surface area (Å²) >= 11 is 0. The van der Waals surface area contributed by atoms with Crippen molar-refractivity contribution in [3.63, 3.8) is 0 Å². The number of nitrogens with one attached hydrogen (secondary N) is 1. The van der Waals surface area contributed by atoms with Gasteiger partial charge in [-0.25, -0.2) is 0 Å². The van der Waals surface area contributed by atoms with Crippen LogP contribution >= 0.6 is 0 Å². The lowest BCUT2D eigenvalue weighted by molar-refractivity contribution is 0.167. The maximum atomic E-state index is 6.02. The molecule has 2 atom stereocenters. The Bertz CT molecular complexity index is 445. The van der Waals surface area contributed by atoms with Crippen LogP contribution in [-0.2, 0) is 5.41 Å². The first-order valence-electron chi connectivity index (χ1n) is 6.82. The maximum Gasteiger partial charge on any atom is 0.127 e. The molecule has 0 aliphatic carbocycles. The average molecular weight is 247 g/mol. The van der Waals surface area contributed by atoms with Crippen molar-refractivity contribution in [1.29, 1.82) is 0 Å². The second-order valence-electron chi connectivity index (χ2n) is 6.47. The van der Waals surface area contributed by atoms with Crippen LogP contribution in [0.2, 0.25) is 0 Å². The lowest BCUT2D eigenvalue weighted by atomic mass is 9.82. The molecule has 1 aliphatic heterocycles. The minimum atomic E-state index is 0.182. The monoisotopic (exact) mass is 247 g/mol. The lowest BCUT2D eigenvalue weighted by Crippen LogP contribution is -2.30. The van der Waals surface area contributed by atoms with Gasteiger partial charge in [0.05, 0.1) is 6.10 Å². The number of benzene rings is 1. The molecule has 1 aromatic rings. The first kappa shape index (κ1) is 13.4. The normalized spacial score (nSPS) is 23.4. The molecule has 0 saturated carbocycles. The van der Waals surface area contributed by atoms with Crippen LogP contribution in [0.5, 0.6) is 5.75 Å². The van der Waals surface area contributed by atoms with Gasteiger partial charge >= 0.3 is 0 Å². The van der Waals surface area contributed by atoms with Crippen LogP contribution in [0.4, 0.5) is 0 Å². The number of rotatable bonds is 1. The standard InChI is InChI=1S/C16H25NO/c1-10-7-12(16(3,4)5)9-13-14(17-6)8-11(2)18-15(10)13/h7,9,11,14,17H,8H2,1-6H3. The van der Waals surface area contributed by atoms with Crippen LogP contribution in [0, 0.1) is 6.92 Å². The Kier molecular flexibility index (Phi) is 3.41. The summed E-state index contributed by atoms with van der Waals surface area (Å²) in [4.78, 5) is 0. The van der Waals surface area contributed by atoms with Gasteiger partial charge in [0, 0.05) is 18.0 Å². The Balaban J connectivity index is 2.54. The highest BCUT2D eigenvalue weighted by Gasteiger charge is 2.28. The van der Waals surface area contributed by atoms with Crippen LogP contribution in [0.3, 0.4) is 0 Å². The van der Waals surface area contributed by atoms with Crippen molar-refractivity contribution in [2.45, 2.75) is 58.6 Å². The van der Waals surface area contributed by atoms with E-state index in [0.717, 1.165) is 12.2 Å². The molecule has 0 radical (unpaired) electrons. The van der Waals surface area contributed by atoms with E-state index >= 15 is 0 Å². The highest BCUT2D eigenvalue weighted by Crippen LogP contribution is 2.40. The van der Waals surface area contributed by atoms with Gasteiger partial charge in [0.25, 0.3) is 0 Å². The van der Waals surface area contributed by atoms with Crippen molar-refractivity contribution in [1.82, 2.24) is 5.32 Å². The zero-order valence-electron chi connectivity index (χ0n) is 12.4. The summed E-state index contributed by atoms with van der Waals surface area (Å²) in [6, 6.07) is 4.99. The fraction of sp³-hybridized carbons (Fsp3) is 0.625. The number of fused-ring (bicyclic) bond motifs is 1. The second kappa shape index (κ2) is 4.58. The van der Waals surface area contributed by atoms with E-state index in [1.54, 1.807) is 0 Å². The van der Waals surface area contributed by atoms with Gasteiger partial charge in [0.15, 0.2) is 0 Å². The first-order chi connectivity index (χ1) is 8.32. The van der Waals surface area contributed by atoms with Crippen LogP contribution in [-0.4, -0.2) is 13.2 Å². The molecule has 0 aromatic heterocycles. The van der Waals surface area contributed by atoms with Gasteiger partial charge < -0.3 is 10.1 Å². The predicted molar refractivity (Wildman–Crippen MR) is 76.4 cm³/mol. The summed E-state index contributed by atoms with van der Waals surface area (Å²) in [5.41, 5.74) is 4.14. The second-order valence-corrected chi connectivity index (χ2v) is 6.47. The molecule has 0 fully saturated rings. The minimum Gasteiger partial charge on any atom is -0.490 e. The van der Waals surface area contributed by atoms with Gasteiger partial charge in [0.1, 0.15) is 5.75 Å². The zero-order valence-corrected chi connectivity index (χ0v) is 12.4. The van der Waals surface area contributed by atoms with Gasteiger partial charge in [-0.2, -0.15) is 0 Å². The van der Waals surface area contributed by atoms with E-state index in [2.05, 4.69) is 52.1 Å². The van der Waals surface area contributed by atoms with Gasteiger partial charge in [-0.1, -0.05) is 26.8 Å². The summed E-state index contributed by atoms with van der Waals surface area (Å²) in [5, 5.41) is 3.42. The first-order valence-corrected chi connectivity index (χ1v) is 6.82. The predicted octanol–water partition coefficient (Wildman–Crippen LogP) is 3.72. The Morgan fingerprint density at radius 1 is 1.28 bits per heavy atom. The lowest BCUT2D eigenvalue weighted by Gasteiger charge is -2.33. The molecular weight excluding hydrogens is 222 g/mol. The van der Waals surface area contributed by atoms with E-state index in [1.165, 1.54) is 16.7 Å². The van der Waals surface area contributed by atoms with Crippen molar-refractivity contribution in [2.75, 3.05) is 7.05 Å². The number of ether oxygens (including phenoxy) is 1. The van der Waals surface area contributed by atoms with E-state index in [4.69, 9.17) is 4.74 Å². The van der Waals surface area contributed by atoms with Gasteiger partial charge in [-0.15, -0.1) is 0 Å². The Hall–Kier alpha value is -1.02. The summed E-state index contributed by atoms with van der Waals surface area (Å²) in [5.74, 6) is 1.08. The zero-order chi connectivity index (χ0) is 13.5. The average Bonchev–Trinajstić information content (AvgIpc) is 2.27. The minimum absolute atomic E-state index is 0.182. The summed E-state index contributed by atoms with van der Waals surface area (Å²) in [7, 11) is 2.03. The van der Waals surface area contributed by atoms with Gasteiger partial charge in [-0.3, -0.25) is 0 Å². The third-order valence-corrected chi connectivity index (χ3v) is 3.78. The molecule has 2 rings (SSSR count). The van der Waals surface area contributed by atoms with E-state index in [0.29, 0.717) is 6.04 Å². The third-order valence-electron chi connectivity index (χ3n) is 3.78. The highest BCUT2D eigenvalue weighted by atomic mass is 16.5. The van der Waals surface area contributed by atoms with E-state index < -0.39 is 0 Å². The number of hydrogen-bond acceptors (Lipinski definition) is 2. The summed E-state index contributed by atoms with van der Waals surface area (Å²) in [6.07, 6.45) is 1.32. The SMILES string of the molecule is CNC1CC(C)Oc2c(C)cc(C(C)(C)C)cc21. The Morgan fingerprint density at radius 2 is 1.94 bits per heavy atom. The van der Waals surface area contributed by atoms with Crippen molar-refractivity contribution >= 4 is 0 Å². The van der Waals surface area contributed by atoms with Crippen molar-refractivity contribution in [3.8, 4) is 5.75 Å². The number of aryl methyl sites for hydroxylation is 1. The molecule has 2 heteroatoms. The molecule has 18 heavy (non-hydrogen) atoms. The van der Waals surface area contributed by atoms with Crippen molar-refractivity contribution in [3.05, 3.63) is 28.8 Å². The van der Waals surface area contributed by atoms with E-state index in [9.17, 15) is 0 Å². The fourth-order valence-electron chi connectivity index (χ4n) is 2.64.